The summed E-state index contributed by atoms with van der Waals surface area (Å²) >= 11 is 0. The van der Waals surface area contributed by atoms with E-state index in [4.69, 9.17) is 0 Å². The van der Waals surface area contributed by atoms with Crippen LogP contribution in [0.5, 0.6) is 0 Å². The van der Waals surface area contributed by atoms with Gasteiger partial charge in [-0.1, -0.05) is 52.8 Å². The van der Waals surface area contributed by atoms with Crippen LogP contribution in [0.1, 0.15) is 76.8 Å². The predicted octanol–water partition coefficient (Wildman–Crippen LogP) is 4.77. The minimum Gasteiger partial charge on any atom is -0.342 e. The lowest BCUT2D eigenvalue weighted by molar-refractivity contribution is -0.135. The Bertz CT molecular complexity index is 684. The van der Waals surface area contributed by atoms with Gasteiger partial charge in [0.1, 0.15) is 0 Å². The number of nitrogens with zero attached hydrogens (tertiary/aromatic N) is 1. The number of amides is 2. The first-order chi connectivity index (χ1) is 12.8. The maximum Gasteiger partial charge on any atom is 0.228 e. The number of carbonyl (C=O) groups excluding carboxylic acids is 2. The number of para-hydroxylation sites is 1. The Hall–Kier alpha value is -1.84. The molecule has 0 bridgehead atoms. The second-order valence-corrected chi connectivity index (χ2v) is 9.09. The molecule has 0 aromatic heterocycles. The molecule has 148 valence electrons. The molecule has 3 unspecified atom stereocenters. The monoisotopic (exact) mass is 370 g/mol. The highest BCUT2D eigenvalue weighted by Crippen LogP contribution is 2.42. The number of anilines is 1. The minimum absolute atomic E-state index is 0.00779. The first-order valence-electron chi connectivity index (χ1n) is 10.5. The number of rotatable bonds is 5. The van der Waals surface area contributed by atoms with Gasteiger partial charge in [0.25, 0.3) is 0 Å². The van der Waals surface area contributed by atoms with Crippen molar-refractivity contribution in [2.45, 2.75) is 65.7 Å². The van der Waals surface area contributed by atoms with E-state index in [1.54, 1.807) is 0 Å². The van der Waals surface area contributed by atoms with Crippen molar-refractivity contribution < 1.29 is 9.59 Å². The Morgan fingerprint density at radius 1 is 1.07 bits per heavy atom. The van der Waals surface area contributed by atoms with Gasteiger partial charge >= 0.3 is 0 Å². The van der Waals surface area contributed by atoms with Crippen molar-refractivity contribution >= 4 is 17.5 Å². The summed E-state index contributed by atoms with van der Waals surface area (Å²) in [6, 6.07) is 6.26. The Morgan fingerprint density at radius 2 is 1.70 bits per heavy atom. The quantitative estimate of drug-likeness (QED) is 0.812. The molecule has 2 amide bonds. The maximum atomic E-state index is 12.9. The second-order valence-electron chi connectivity index (χ2n) is 9.09. The molecule has 4 heteroatoms. The summed E-state index contributed by atoms with van der Waals surface area (Å²) in [5, 5.41) is 3.19. The van der Waals surface area contributed by atoms with Gasteiger partial charge in [0.2, 0.25) is 11.8 Å². The van der Waals surface area contributed by atoms with E-state index < -0.39 is 0 Å². The lowest BCUT2D eigenvalue weighted by Crippen LogP contribution is -2.40. The molecule has 1 aliphatic carbocycles. The maximum absolute atomic E-state index is 12.9. The van der Waals surface area contributed by atoms with Gasteiger partial charge in [-0.05, 0) is 48.1 Å². The molecule has 1 aromatic carbocycles. The number of likely N-dealkylation sites (tertiary alicyclic amines) is 1. The number of nitrogens with one attached hydrogen (secondary N) is 1. The van der Waals surface area contributed by atoms with Crippen LogP contribution in [0, 0.1) is 17.8 Å². The summed E-state index contributed by atoms with van der Waals surface area (Å²) in [6.45, 7) is 12.5. The fourth-order valence-electron chi connectivity index (χ4n) is 4.29. The number of hydrogen-bond donors (Lipinski definition) is 1. The van der Waals surface area contributed by atoms with E-state index in [0.29, 0.717) is 24.2 Å². The SMILES string of the molecule is CC1CCCN(C(=O)C2CC2C(=O)Nc2c(C(C)C)cccc2C(C)C)C1. The molecule has 0 spiro atoms. The van der Waals surface area contributed by atoms with E-state index in [0.717, 1.165) is 25.2 Å². The molecular weight excluding hydrogens is 336 g/mol. The zero-order valence-electron chi connectivity index (χ0n) is 17.4. The van der Waals surface area contributed by atoms with Gasteiger partial charge in [-0.3, -0.25) is 9.59 Å². The van der Waals surface area contributed by atoms with Gasteiger partial charge in [-0.25, -0.2) is 0 Å². The van der Waals surface area contributed by atoms with Gasteiger partial charge in [-0.15, -0.1) is 0 Å². The third-order valence-corrected chi connectivity index (χ3v) is 6.03. The number of benzene rings is 1. The Labute approximate surface area is 163 Å². The number of hydrogen-bond acceptors (Lipinski definition) is 2. The minimum atomic E-state index is -0.171. The van der Waals surface area contributed by atoms with Crippen molar-refractivity contribution in [1.82, 2.24) is 4.90 Å². The van der Waals surface area contributed by atoms with Crippen molar-refractivity contribution in [2.75, 3.05) is 18.4 Å². The number of piperidine rings is 1. The van der Waals surface area contributed by atoms with Gasteiger partial charge in [0, 0.05) is 18.8 Å². The smallest absolute Gasteiger partial charge is 0.228 e. The Morgan fingerprint density at radius 3 is 2.26 bits per heavy atom. The average molecular weight is 371 g/mol. The summed E-state index contributed by atoms with van der Waals surface area (Å²) in [4.78, 5) is 27.7. The van der Waals surface area contributed by atoms with Crippen LogP contribution in [-0.2, 0) is 9.59 Å². The van der Waals surface area contributed by atoms with E-state index in [1.165, 1.54) is 17.5 Å². The summed E-state index contributed by atoms with van der Waals surface area (Å²) < 4.78 is 0. The first kappa shape index (κ1) is 19.9. The second kappa shape index (κ2) is 8.04. The van der Waals surface area contributed by atoms with Crippen molar-refractivity contribution in [3.8, 4) is 0 Å². The Kier molecular flexibility index (Phi) is 5.92. The van der Waals surface area contributed by atoms with Gasteiger partial charge in [0.05, 0.1) is 11.8 Å². The lowest BCUT2D eigenvalue weighted by atomic mass is 9.92. The van der Waals surface area contributed by atoms with E-state index in [1.807, 2.05) is 4.90 Å². The van der Waals surface area contributed by atoms with Gasteiger partial charge < -0.3 is 10.2 Å². The Balaban J connectivity index is 1.69. The van der Waals surface area contributed by atoms with Crippen LogP contribution in [0.3, 0.4) is 0 Å². The van der Waals surface area contributed by atoms with E-state index in [-0.39, 0.29) is 23.7 Å². The van der Waals surface area contributed by atoms with E-state index in [9.17, 15) is 9.59 Å². The van der Waals surface area contributed by atoms with Crippen LogP contribution in [-0.4, -0.2) is 29.8 Å². The van der Waals surface area contributed by atoms with Crippen molar-refractivity contribution in [2.24, 2.45) is 17.8 Å². The van der Waals surface area contributed by atoms with Crippen LogP contribution in [0.2, 0.25) is 0 Å². The molecule has 3 rings (SSSR count). The molecule has 1 heterocycles. The fraction of sp³-hybridized carbons (Fsp3) is 0.652. The highest BCUT2D eigenvalue weighted by Gasteiger charge is 2.50. The zero-order chi connectivity index (χ0) is 19.7. The topological polar surface area (TPSA) is 49.4 Å². The largest absolute Gasteiger partial charge is 0.342 e. The zero-order valence-corrected chi connectivity index (χ0v) is 17.4. The molecule has 2 aliphatic rings. The molecule has 1 aromatic rings. The van der Waals surface area contributed by atoms with Gasteiger partial charge in [0.15, 0.2) is 0 Å². The molecule has 1 N–H and O–H groups in total. The average Bonchev–Trinajstić information content (AvgIpc) is 3.41. The summed E-state index contributed by atoms with van der Waals surface area (Å²) in [5.74, 6) is 1.14. The van der Waals surface area contributed by atoms with Crippen LogP contribution < -0.4 is 5.32 Å². The van der Waals surface area contributed by atoms with E-state index in [2.05, 4.69) is 58.1 Å². The summed E-state index contributed by atoms with van der Waals surface area (Å²) in [6.07, 6.45) is 2.97. The lowest BCUT2D eigenvalue weighted by Gasteiger charge is -2.31. The first-order valence-corrected chi connectivity index (χ1v) is 10.5. The molecule has 27 heavy (non-hydrogen) atoms. The summed E-state index contributed by atoms with van der Waals surface area (Å²) in [7, 11) is 0. The third-order valence-electron chi connectivity index (χ3n) is 6.03. The predicted molar refractivity (Wildman–Crippen MR) is 110 cm³/mol. The molecule has 4 nitrogen and oxygen atoms in total. The van der Waals surface area contributed by atoms with Crippen molar-refractivity contribution in [1.29, 1.82) is 0 Å². The fourth-order valence-corrected chi connectivity index (χ4v) is 4.29. The summed E-state index contributed by atoms with van der Waals surface area (Å²) in [5.41, 5.74) is 3.29. The molecule has 1 saturated carbocycles. The standard InChI is InChI=1S/C23H34N2O2/c1-14(2)17-9-6-10-18(15(3)4)21(17)24-22(26)19-12-20(19)23(27)25-11-7-8-16(5)13-25/h6,9-10,14-16,19-20H,7-8,11-13H2,1-5H3,(H,24,26). The van der Waals surface area contributed by atoms with Crippen LogP contribution in [0.4, 0.5) is 5.69 Å². The molecule has 1 saturated heterocycles. The molecule has 1 aliphatic heterocycles. The number of carbonyl (C=O) groups is 2. The van der Waals surface area contributed by atoms with Gasteiger partial charge in [-0.2, -0.15) is 0 Å². The molecule has 2 fully saturated rings. The molecular formula is C23H34N2O2. The van der Waals surface area contributed by atoms with Crippen molar-refractivity contribution in [3.05, 3.63) is 29.3 Å². The highest BCUT2D eigenvalue weighted by atomic mass is 16.2. The highest BCUT2D eigenvalue weighted by molar-refractivity contribution is 6.00. The van der Waals surface area contributed by atoms with Crippen LogP contribution in [0.15, 0.2) is 18.2 Å². The normalized spacial score (nSPS) is 25.0. The van der Waals surface area contributed by atoms with Crippen LogP contribution in [0.25, 0.3) is 0 Å². The van der Waals surface area contributed by atoms with Crippen molar-refractivity contribution in [3.63, 3.8) is 0 Å². The van der Waals surface area contributed by atoms with Crippen LogP contribution >= 0.6 is 0 Å². The third kappa shape index (κ3) is 4.36. The van der Waals surface area contributed by atoms with E-state index >= 15 is 0 Å². The molecule has 0 radical (unpaired) electrons. The molecule has 3 atom stereocenters.